The maximum atomic E-state index is 9.93. The molecule has 0 unspecified atom stereocenters. The van der Waals surface area contributed by atoms with E-state index in [-0.39, 0.29) is 21.8 Å². The Labute approximate surface area is 294 Å². The van der Waals surface area contributed by atoms with E-state index in [2.05, 4.69) is 97.1 Å². The average Bonchev–Trinajstić information content (AvgIpc) is 3.21. The Bertz CT molecular complexity index is 1590. The molecule has 4 aromatic rings. The Hall–Kier alpha value is -0.924. The second-order valence-electron chi connectivity index (χ2n) is 11.3. The molecule has 0 bridgehead atoms. The number of fused-ring (bicyclic) bond motifs is 4. The number of halogens is 12. The zero-order chi connectivity index (χ0) is 36.0. The van der Waals surface area contributed by atoms with Crippen molar-refractivity contribution >= 4 is 84.3 Å². The summed E-state index contributed by atoms with van der Waals surface area (Å²) in [7, 11) is 0.204. The molecular formula is C31H28F12S4Sb2. The number of hydrogen-bond donors (Lipinski definition) is 0. The smallest absolute Gasteiger partial charge is 0.0795 e. The van der Waals surface area contributed by atoms with Crippen LogP contribution in [0.4, 0.5) is 33.8 Å². The molecule has 4 aromatic carbocycles. The molecular weight excluding hydrogens is 972 g/mol. The summed E-state index contributed by atoms with van der Waals surface area (Å²) in [6.45, 7) is 0. The number of hydrogen-bond acceptors (Lipinski definition) is 2. The van der Waals surface area contributed by atoms with Crippen molar-refractivity contribution in [2.24, 2.45) is 0 Å². The van der Waals surface area contributed by atoms with Crippen LogP contribution >= 0.6 is 23.5 Å². The zero-order valence-corrected chi connectivity index (χ0v) is 33.4. The molecule has 0 spiro atoms. The first-order chi connectivity index (χ1) is 22.3. The molecule has 7 rings (SSSR count). The molecule has 0 N–H and O–H groups in total. The van der Waals surface area contributed by atoms with Crippen molar-refractivity contribution in [1.29, 1.82) is 0 Å². The summed E-state index contributed by atoms with van der Waals surface area (Å²) in [6.07, 6.45) is 6.76. The van der Waals surface area contributed by atoms with Crippen LogP contribution in [-0.2, 0) is 21.8 Å². The largest absolute Gasteiger partial charge is 0.177 e. The fraction of sp³-hybridized carbons (Fsp3) is 0.226. The van der Waals surface area contributed by atoms with Crippen LogP contribution in [0.5, 0.6) is 0 Å². The summed E-state index contributed by atoms with van der Waals surface area (Å²) < 4.78 is 119. The maximum absolute atomic E-state index is 11.2. The standard InChI is InChI=1S/C31H28S4.12FH.2Sb/c1-2-20-30(34-26-16-8-4-12-22(26)32-23-13-5-9-17-27(23)34)31(21-3-1)35-28-18-10-6-14-24(28)33-25-15-7-11-19-29(25)35;;;;;;;;;;;;;;/h4-19,30-31H,1-3,20-21H2;12*1H;;/q+2;;;;;;;;;;;;;2*+5/p-12/t30-,31-;;;;;;;;;;;;;;/m1............../s1. The van der Waals surface area contributed by atoms with Crippen LogP contribution in [0.3, 0.4) is 0 Å². The molecule has 0 aromatic heterocycles. The van der Waals surface area contributed by atoms with Gasteiger partial charge in [-0.1, -0.05) is 78.5 Å². The summed E-state index contributed by atoms with van der Waals surface area (Å²) >= 11 is -18.5. The second kappa shape index (κ2) is 12.9. The van der Waals surface area contributed by atoms with Crippen LogP contribution in [0.1, 0.15) is 32.1 Å². The molecule has 2 aliphatic heterocycles. The van der Waals surface area contributed by atoms with Crippen molar-refractivity contribution in [3.63, 3.8) is 0 Å². The van der Waals surface area contributed by atoms with Crippen LogP contribution in [0.2, 0.25) is 0 Å². The van der Waals surface area contributed by atoms with E-state index in [1.165, 1.54) is 51.7 Å². The van der Waals surface area contributed by atoms with E-state index in [1.807, 2.05) is 23.5 Å². The van der Waals surface area contributed by atoms with Gasteiger partial charge in [0.05, 0.1) is 41.4 Å². The molecule has 49 heavy (non-hydrogen) atoms. The molecule has 0 amide bonds. The van der Waals surface area contributed by atoms with Crippen molar-refractivity contribution in [3.8, 4) is 0 Å². The van der Waals surface area contributed by atoms with Gasteiger partial charge in [0.25, 0.3) is 0 Å². The Morgan fingerprint density at radius 2 is 0.612 bits per heavy atom. The SMILES string of the molecule is [F][Sb-]([F])([F])([F])([F])[F].[F][Sb-]([F])([F])([F])([F])[F].c1ccc2c(c1)Sc1ccccc1[S+]2[C@@H]1CCCCC[C@H]1[S+]1c2ccccc2Sc2ccccc21. The zero-order valence-electron chi connectivity index (χ0n) is 25.0. The molecule has 270 valence electrons. The third-order valence-corrected chi connectivity index (χ3v) is 15.9. The minimum Gasteiger partial charge on any atom is -0.0795 e. The summed E-state index contributed by atoms with van der Waals surface area (Å²) in [5.74, 6) is 0. The fourth-order valence-corrected chi connectivity index (χ4v) is 15.3. The summed E-state index contributed by atoms with van der Waals surface area (Å²) in [4.78, 5) is 12.2. The van der Waals surface area contributed by atoms with Gasteiger partial charge in [-0.3, -0.25) is 0 Å². The number of rotatable bonds is 2. The van der Waals surface area contributed by atoms with Crippen LogP contribution in [0.15, 0.2) is 136 Å². The first-order valence-corrected chi connectivity index (χ1v) is 30.4. The van der Waals surface area contributed by atoms with Crippen molar-refractivity contribution in [1.82, 2.24) is 0 Å². The van der Waals surface area contributed by atoms with E-state index >= 15 is 0 Å². The summed E-state index contributed by atoms with van der Waals surface area (Å²) in [5, 5.41) is 1.35. The average molecular weight is 1000 g/mol. The van der Waals surface area contributed by atoms with Gasteiger partial charge in [-0.25, -0.2) is 0 Å². The molecule has 1 saturated carbocycles. The predicted octanol–water partition coefficient (Wildman–Crippen LogP) is 13.4. The fourth-order valence-electron chi connectivity index (χ4n) is 5.77. The molecule has 18 heteroatoms. The molecule has 1 aliphatic carbocycles. The molecule has 0 nitrogen and oxygen atoms in total. The van der Waals surface area contributed by atoms with E-state index in [0.717, 1.165) is 0 Å². The molecule has 3 aliphatic rings. The first-order valence-electron chi connectivity index (χ1n) is 14.6. The van der Waals surface area contributed by atoms with Crippen molar-refractivity contribution in [3.05, 3.63) is 97.1 Å². The van der Waals surface area contributed by atoms with Crippen LogP contribution < -0.4 is 0 Å². The van der Waals surface area contributed by atoms with Crippen molar-refractivity contribution in [2.45, 2.75) is 81.8 Å². The molecule has 0 radical (unpaired) electrons. The van der Waals surface area contributed by atoms with Crippen LogP contribution in [0, 0.1) is 0 Å². The predicted molar refractivity (Wildman–Crippen MR) is 177 cm³/mol. The van der Waals surface area contributed by atoms with Gasteiger partial charge in [-0.15, -0.1) is 0 Å². The summed E-state index contributed by atoms with van der Waals surface area (Å²) in [5.41, 5.74) is 0. The monoisotopic (exact) mass is 998 g/mol. The van der Waals surface area contributed by atoms with Gasteiger partial charge in [0, 0.05) is 12.8 Å². The van der Waals surface area contributed by atoms with E-state index in [9.17, 15) is 33.8 Å². The molecule has 2 heterocycles. The summed E-state index contributed by atoms with van der Waals surface area (Å²) in [6, 6.07) is 37.1. The Morgan fingerprint density at radius 1 is 0.388 bits per heavy atom. The Balaban J connectivity index is 0.000000284. The van der Waals surface area contributed by atoms with E-state index in [0.29, 0.717) is 10.5 Å². The normalized spacial score (nSPS) is 22.2. The van der Waals surface area contributed by atoms with Crippen LogP contribution in [-0.4, -0.2) is 49.5 Å². The van der Waals surface area contributed by atoms with Gasteiger partial charge in [-0.05, 0) is 61.4 Å². The van der Waals surface area contributed by atoms with Gasteiger partial charge in [-0.2, -0.15) is 0 Å². The van der Waals surface area contributed by atoms with Crippen LogP contribution in [0.25, 0.3) is 0 Å². The van der Waals surface area contributed by atoms with Gasteiger partial charge in [0.15, 0.2) is 30.1 Å². The van der Waals surface area contributed by atoms with Crippen molar-refractivity contribution in [2.75, 3.05) is 0 Å². The first kappa shape index (κ1) is 39.3. The van der Waals surface area contributed by atoms with Gasteiger partial charge in [0.1, 0.15) is 0 Å². The van der Waals surface area contributed by atoms with E-state index < -0.39 is 39.0 Å². The van der Waals surface area contributed by atoms with Gasteiger partial charge < -0.3 is 0 Å². The van der Waals surface area contributed by atoms with E-state index in [4.69, 9.17) is 0 Å². The van der Waals surface area contributed by atoms with E-state index in [1.54, 1.807) is 19.6 Å². The third-order valence-electron chi connectivity index (χ3n) is 7.28. The van der Waals surface area contributed by atoms with Gasteiger partial charge >= 0.3 is 72.7 Å². The third kappa shape index (κ3) is 12.6. The second-order valence-corrected chi connectivity index (χ2v) is 28.7. The van der Waals surface area contributed by atoms with Crippen molar-refractivity contribution < 1.29 is 33.8 Å². The Morgan fingerprint density at radius 3 is 0.857 bits per heavy atom. The minimum absolute atomic E-state index is 0.102. The maximum Gasteiger partial charge on any atom is 0.177 e. The minimum atomic E-state index is -11.2. The molecule has 1 fully saturated rings. The topological polar surface area (TPSA) is 0 Å². The quantitative estimate of drug-likeness (QED) is 0.0850. The molecule has 2 atom stereocenters. The Kier molecular flexibility index (Phi) is 10.3. The molecule has 0 saturated heterocycles. The van der Waals surface area contributed by atoms with Gasteiger partial charge in [0.2, 0.25) is 0 Å². The number of benzene rings is 4.